The lowest BCUT2D eigenvalue weighted by atomic mass is 10.0. The predicted molar refractivity (Wildman–Crippen MR) is 100 cm³/mol. The van der Waals surface area contributed by atoms with E-state index in [4.69, 9.17) is 0 Å². The fourth-order valence-electron chi connectivity index (χ4n) is 3.77. The molecule has 1 saturated carbocycles. The van der Waals surface area contributed by atoms with Crippen molar-refractivity contribution in [1.82, 2.24) is 9.62 Å². The molecule has 1 amide bonds. The van der Waals surface area contributed by atoms with Crippen molar-refractivity contribution in [3.8, 4) is 0 Å². The van der Waals surface area contributed by atoms with E-state index in [1.54, 1.807) is 15.8 Å². The Bertz CT molecular complexity index is 691. The zero-order chi connectivity index (χ0) is 17.9. The number of carbonyl (C=O) groups is 1. The van der Waals surface area contributed by atoms with Crippen molar-refractivity contribution in [3.05, 3.63) is 16.3 Å². The molecule has 25 heavy (non-hydrogen) atoms. The number of amides is 1. The van der Waals surface area contributed by atoms with Crippen LogP contribution in [0.5, 0.6) is 0 Å². The number of rotatable bonds is 4. The first-order valence-corrected chi connectivity index (χ1v) is 11.7. The van der Waals surface area contributed by atoms with Crippen LogP contribution in [0, 0.1) is 5.92 Å². The van der Waals surface area contributed by atoms with Crippen LogP contribution >= 0.6 is 11.3 Å². The Balaban J connectivity index is 1.67. The number of piperidine rings is 1. The Hall–Kier alpha value is -0.920. The molecule has 1 atom stereocenters. The zero-order valence-electron chi connectivity index (χ0n) is 14.9. The van der Waals surface area contributed by atoms with Gasteiger partial charge in [-0.05, 0) is 37.7 Å². The Labute approximate surface area is 154 Å². The molecule has 0 aromatic carbocycles. The predicted octanol–water partition coefficient (Wildman–Crippen LogP) is 3.62. The second-order valence-corrected chi connectivity index (χ2v) is 10.3. The highest BCUT2D eigenvalue weighted by molar-refractivity contribution is 7.89. The molecule has 7 heteroatoms. The minimum atomic E-state index is -3.48. The van der Waals surface area contributed by atoms with Gasteiger partial charge in [-0.25, -0.2) is 8.42 Å². The summed E-state index contributed by atoms with van der Waals surface area (Å²) in [5, 5.41) is 4.70. The lowest BCUT2D eigenvalue weighted by Gasteiger charge is -2.29. The minimum Gasteiger partial charge on any atom is -0.349 e. The van der Waals surface area contributed by atoms with Gasteiger partial charge in [-0.2, -0.15) is 4.31 Å². The molecule has 2 fully saturated rings. The lowest BCUT2D eigenvalue weighted by molar-refractivity contribution is 0.0937. The van der Waals surface area contributed by atoms with Crippen molar-refractivity contribution in [2.75, 3.05) is 13.1 Å². The highest BCUT2D eigenvalue weighted by Gasteiger charge is 2.30. The van der Waals surface area contributed by atoms with Crippen molar-refractivity contribution in [2.45, 2.75) is 69.2 Å². The third-order valence-corrected chi connectivity index (χ3v) is 8.17. The van der Waals surface area contributed by atoms with Crippen molar-refractivity contribution < 1.29 is 13.2 Å². The quantitative estimate of drug-likeness (QED) is 0.806. The van der Waals surface area contributed by atoms with E-state index in [1.165, 1.54) is 24.2 Å². The molecule has 1 saturated heterocycles. The number of sulfonamides is 1. The summed E-state index contributed by atoms with van der Waals surface area (Å²) in [6.45, 7) is 3.23. The molecule has 1 N–H and O–H groups in total. The number of carbonyl (C=O) groups excluding carboxylic acids is 1. The number of nitrogens with zero attached hydrogens (tertiary/aromatic N) is 1. The second kappa shape index (κ2) is 8.18. The Morgan fingerprint density at radius 1 is 1.16 bits per heavy atom. The van der Waals surface area contributed by atoms with Gasteiger partial charge in [0, 0.05) is 24.5 Å². The van der Waals surface area contributed by atoms with E-state index < -0.39 is 10.0 Å². The van der Waals surface area contributed by atoms with Crippen LogP contribution in [0.3, 0.4) is 0 Å². The maximum absolute atomic E-state index is 12.8. The third kappa shape index (κ3) is 4.63. The number of thiophene rings is 1. The van der Waals surface area contributed by atoms with Gasteiger partial charge in [0.05, 0.1) is 9.77 Å². The van der Waals surface area contributed by atoms with Crippen molar-refractivity contribution >= 4 is 27.3 Å². The summed E-state index contributed by atoms with van der Waals surface area (Å²) < 4.78 is 27.2. The summed E-state index contributed by atoms with van der Waals surface area (Å²) in [5.41, 5.74) is 0. The average molecular weight is 385 g/mol. The number of hydrogen-bond acceptors (Lipinski definition) is 4. The van der Waals surface area contributed by atoms with E-state index in [9.17, 15) is 13.2 Å². The van der Waals surface area contributed by atoms with Crippen molar-refractivity contribution in [1.29, 1.82) is 0 Å². The molecule has 5 nitrogen and oxygen atoms in total. The molecule has 0 spiro atoms. The first-order chi connectivity index (χ1) is 12.0. The van der Waals surface area contributed by atoms with Crippen LogP contribution in [-0.2, 0) is 10.0 Å². The van der Waals surface area contributed by atoms with Gasteiger partial charge in [-0.1, -0.05) is 32.6 Å². The van der Waals surface area contributed by atoms with E-state index >= 15 is 0 Å². The van der Waals surface area contributed by atoms with Gasteiger partial charge in [-0.15, -0.1) is 11.3 Å². The van der Waals surface area contributed by atoms with Gasteiger partial charge in [0.15, 0.2) is 0 Å². The molecule has 0 bridgehead atoms. The van der Waals surface area contributed by atoms with Gasteiger partial charge in [0.2, 0.25) is 10.0 Å². The van der Waals surface area contributed by atoms with Crippen molar-refractivity contribution in [2.24, 2.45) is 5.92 Å². The fourth-order valence-corrected chi connectivity index (χ4v) is 6.53. The fraction of sp³-hybridized carbons (Fsp3) is 0.722. The molecule has 1 aromatic rings. The van der Waals surface area contributed by atoms with Gasteiger partial charge >= 0.3 is 0 Å². The van der Waals surface area contributed by atoms with Crippen LogP contribution in [0.15, 0.2) is 16.3 Å². The topological polar surface area (TPSA) is 66.5 Å². The Morgan fingerprint density at radius 2 is 1.88 bits per heavy atom. The largest absolute Gasteiger partial charge is 0.349 e. The molecule has 0 radical (unpaired) electrons. The molecule has 140 valence electrons. The Morgan fingerprint density at radius 3 is 2.56 bits per heavy atom. The Kier molecular flexibility index (Phi) is 6.17. The molecule has 3 rings (SSSR count). The highest BCUT2D eigenvalue weighted by Crippen LogP contribution is 2.27. The molecule has 2 heterocycles. The monoisotopic (exact) mass is 384 g/mol. The maximum atomic E-state index is 12.8. The molecule has 1 aromatic heterocycles. The molecule has 0 unspecified atom stereocenters. The molecular formula is C18H28N2O3S2. The summed E-state index contributed by atoms with van der Waals surface area (Å²) in [6.07, 6.45) is 8.81. The van der Waals surface area contributed by atoms with Crippen LogP contribution in [0.4, 0.5) is 0 Å². The standard InChI is InChI=1S/C18H28N2O3S2/c1-14-7-6-10-20(12-14)25(22,23)16-11-17(24-13-16)18(21)19-15-8-4-2-3-5-9-15/h11,13-15H,2-10,12H2,1H3,(H,19,21)/t14-/m1/s1. The van der Waals surface area contributed by atoms with Crippen LogP contribution in [0.25, 0.3) is 0 Å². The van der Waals surface area contributed by atoms with E-state index in [-0.39, 0.29) is 16.8 Å². The van der Waals surface area contributed by atoms with E-state index in [0.717, 1.165) is 38.5 Å². The van der Waals surface area contributed by atoms with Gasteiger partial charge in [0.1, 0.15) is 0 Å². The molecular weight excluding hydrogens is 356 g/mol. The third-order valence-electron chi connectivity index (χ3n) is 5.25. The van der Waals surface area contributed by atoms with Gasteiger partial charge < -0.3 is 5.32 Å². The SMILES string of the molecule is C[C@@H]1CCCN(S(=O)(=O)c2csc(C(=O)NC3CCCCCC3)c2)C1. The molecule has 1 aliphatic heterocycles. The summed E-state index contributed by atoms with van der Waals surface area (Å²) in [6, 6.07) is 1.77. The first kappa shape index (κ1) is 18.9. The summed E-state index contributed by atoms with van der Waals surface area (Å²) in [5.74, 6) is 0.255. The van der Waals surface area contributed by atoms with Crippen LogP contribution < -0.4 is 5.32 Å². The van der Waals surface area contributed by atoms with E-state index in [1.807, 2.05) is 0 Å². The highest BCUT2D eigenvalue weighted by atomic mass is 32.2. The van der Waals surface area contributed by atoms with Crippen molar-refractivity contribution in [3.63, 3.8) is 0 Å². The molecule has 2 aliphatic rings. The van der Waals surface area contributed by atoms with Gasteiger partial charge in [0.25, 0.3) is 5.91 Å². The summed E-state index contributed by atoms with van der Waals surface area (Å²) in [4.78, 5) is 13.2. The smallest absolute Gasteiger partial charge is 0.261 e. The van der Waals surface area contributed by atoms with E-state index in [2.05, 4.69) is 12.2 Å². The summed E-state index contributed by atoms with van der Waals surface area (Å²) >= 11 is 1.23. The van der Waals surface area contributed by atoms with Gasteiger partial charge in [-0.3, -0.25) is 4.79 Å². The maximum Gasteiger partial charge on any atom is 0.261 e. The minimum absolute atomic E-state index is 0.134. The number of hydrogen-bond donors (Lipinski definition) is 1. The lowest BCUT2D eigenvalue weighted by Crippen LogP contribution is -2.38. The molecule has 1 aliphatic carbocycles. The average Bonchev–Trinajstić information content (AvgIpc) is 2.96. The summed E-state index contributed by atoms with van der Waals surface area (Å²) in [7, 11) is -3.48. The number of nitrogens with one attached hydrogen (secondary N) is 1. The zero-order valence-corrected chi connectivity index (χ0v) is 16.5. The van der Waals surface area contributed by atoms with E-state index in [0.29, 0.717) is 23.9 Å². The van der Waals surface area contributed by atoms with Crippen LogP contribution in [-0.4, -0.2) is 37.8 Å². The van der Waals surface area contributed by atoms with Crippen LogP contribution in [0.2, 0.25) is 0 Å². The van der Waals surface area contributed by atoms with Crippen LogP contribution in [0.1, 0.15) is 68.0 Å². The first-order valence-electron chi connectivity index (χ1n) is 9.36. The normalized spacial score (nSPS) is 24.0. The second-order valence-electron chi connectivity index (χ2n) is 7.42.